The summed E-state index contributed by atoms with van der Waals surface area (Å²) in [5.41, 5.74) is -0.747. The van der Waals surface area contributed by atoms with Crippen LogP contribution in [0.1, 0.15) is 12.5 Å². The highest BCUT2D eigenvalue weighted by Gasteiger charge is 2.31. The van der Waals surface area contributed by atoms with Crippen LogP contribution in [0.2, 0.25) is 0 Å². The maximum Gasteiger partial charge on any atom is 0.416 e. The first kappa shape index (κ1) is 16.3. The summed E-state index contributed by atoms with van der Waals surface area (Å²) in [6, 6.07) is 3.84. The smallest absolute Gasteiger partial charge is 0.354 e. The van der Waals surface area contributed by atoms with Crippen molar-refractivity contribution < 1.29 is 22.8 Å². The third-order valence-electron chi connectivity index (χ3n) is 3.45. The maximum absolute atomic E-state index is 12.6. The normalized spacial score (nSPS) is 17.7. The summed E-state index contributed by atoms with van der Waals surface area (Å²) in [6.45, 7) is 2.67. The van der Waals surface area contributed by atoms with Gasteiger partial charge in [0.15, 0.2) is 0 Å². The summed E-state index contributed by atoms with van der Waals surface area (Å²) < 4.78 is 37.9. The third kappa shape index (κ3) is 3.97. The molecule has 0 bridgehead atoms. The lowest BCUT2D eigenvalue weighted by molar-refractivity contribution is -0.137. The molecule has 1 aliphatic heterocycles. The van der Waals surface area contributed by atoms with Crippen molar-refractivity contribution >= 4 is 17.5 Å². The number of amides is 2. The van der Waals surface area contributed by atoms with Crippen molar-refractivity contribution in [1.29, 1.82) is 0 Å². The van der Waals surface area contributed by atoms with E-state index in [2.05, 4.69) is 10.6 Å². The molecule has 5 nitrogen and oxygen atoms in total. The number of carbonyl (C=O) groups excluding carboxylic acids is 2. The van der Waals surface area contributed by atoms with E-state index in [1.165, 1.54) is 12.1 Å². The van der Waals surface area contributed by atoms with Gasteiger partial charge >= 0.3 is 6.18 Å². The van der Waals surface area contributed by atoms with Gasteiger partial charge in [0.1, 0.15) is 0 Å². The number of carbonyl (C=O) groups is 2. The molecule has 0 aliphatic carbocycles. The maximum atomic E-state index is 12.6. The Morgan fingerprint density at radius 2 is 2.14 bits per heavy atom. The van der Waals surface area contributed by atoms with Crippen molar-refractivity contribution in [3.8, 4) is 0 Å². The predicted octanol–water partition coefficient (Wildman–Crippen LogP) is 1.46. The molecule has 1 saturated heterocycles. The van der Waals surface area contributed by atoms with Crippen LogP contribution in [0.5, 0.6) is 0 Å². The number of halogens is 3. The zero-order valence-corrected chi connectivity index (χ0v) is 11.9. The summed E-state index contributed by atoms with van der Waals surface area (Å²) in [5.74, 6) is -0.626. The zero-order chi connectivity index (χ0) is 16.3. The van der Waals surface area contributed by atoms with Gasteiger partial charge in [-0.15, -0.1) is 0 Å². The number of nitrogens with zero attached hydrogens (tertiary/aromatic N) is 1. The topological polar surface area (TPSA) is 61.4 Å². The van der Waals surface area contributed by atoms with Crippen molar-refractivity contribution in [3.63, 3.8) is 0 Å². The number of hydrogen-bond donors (Lipinski definition) is 2. The van der Waals surface area contributed by atoms with Crippen LogP contribution >= 0.6 is 0 Å². The van der Waals surface area contributed by atoms with Crippen LogP contribution < -0.4 is 10.6 Å². The lowest BCUT2D eigenvalue weighted by Crippen LogP contribution is -2.53. The molecule has 1 heterocycles. The molecule has 1 aliphatic rings. The number of rotatable bonds is 3. The minimum absolute atomic E-state index is 0.0770. The van der Waals surface area contributed by atoms with Crippen LogP contribution in [-0.4, -0.2) is 42.4 Å². The van der Waals surface area contributed by atoms with Crippen molar-refractivity contribution in [2.75, 3.05) is 25.0 Å². The van der Waals surface area contributed by atoms with E-state index in [1.54, 1.807) is 11.8 Å². The molecule has 0 aromatic heterocycles. The Balaban J connectivity index is 2.03. The van der Waals surface area contributed by atoms with E-state index in [9.17, 15) is 22.8 Å². The molecular formula is C14H16F3N3O2. The standard InChI is InChI=1S/C14H16F3N3O2/c1-9(20-6-5-18-12(21)8-20)13(22)19-11-4-2-3-10(7-11)14(15,16)17/h2-4,7,9H,5-6,8H2,1H3,(H,18,21)(H,19,22)/t9-/m1/s1. The molecule has 1 aromatic rings. The fourth-order valence-electron chi connectivity index (χ4n) is 2.17. The summed E-state index contributed by atoms with van der Waals surface area (Å²) in [4.78, 5) is 25.1. The molecule has 0 spiro atoms. The second-order valence-electron chi connectivity index (χ2n) is 5.06. The second-order valence-corrected chi connectivity index (χ2v) is 5.06. The van der Waals surface area contributed by atoms with Gasteiger partial charge in [0.2, 0.25) is 11.8 Å². The number of anilines is 1. The van der Waals surface area contributed by atoms with E-state index in [4.69, 9.17) is 0 Å². The Hall–Kier alpha value is -2.09. The molecular weight excluding hydrogens is 299 g/mol. The van der Waals surface area contributed by atoms with E-state index in [0.29, 0.717) is 13.1 Å². The van der Waals surface area contributed by atoms with Crippen molar-refractivity contribution in [1.82, 2.24) is 10.2 Å². The monoisotopic (exact) mass is 315 g/mol. The van der Waals surface area contributed by atoms with Gasteiger partial charge < -0.3 is 10.6 Å². The van der Waals surface area contributed by atoms with Crippen LogP contribution in [0.25, 0.3) is 0 Å². The van der Waals surface area contributed by atoms with Crippen molar-refractivity contribution in [2.24, 2.45) is 0 Å². The van der Waals surface area contributed by atoms with Crippen LogP contribution in [0.4, 0.5) is 18.9 Å². The van der Waals surface area contributed by atoms with Gasteiger partial charge in [-0.05, 0) is 25.1 Å². The van der Waals surface area contributed by atoms with Gasteiger partial charge in [-0.1, -0.05) is 6.07 Å². The quantitative estimate of drug-likeness (QED) is 0.888. The molecule has 2 amide bonds. The molecule has 0 radical (unpaired) electrons. The highest BCUT2D eigenvalue weighted by molar-refractivity contribution is 5.95. The van der Waals surface area contributed by atoms with Gasteiger partial charge in [0.25, 0.3) is 0 Å². The SMILES string of the molecule is C[C@H](C(=O)Nc1cccc(C(F)(F)F)c1)N1CCNC(=O)C1. The molecule has 0 unspecified atom stereocenters. The fourth-order valence-corrected chi connectivity index (χ4v) is 2.17. The van der Waals surface area contributed by atoms with Crippen molar-refractivity contribution in [2.45, 2.75) is 19.1 Å². The summed E-state index contributed by atoms with van der Waals surface area (Å²) in [6.07, 6.45) is -4.46. The van der Waals surface area contributed by atoms with Crippen molar-refractivity contribution in [3.05, 3.63) is 29.8 Å². The summed E-state index contributed by atoms with van der Waals surface area (Å²) in [5, 5.41) is 5.10. The van der Waals surface area contributed by atoms with Gasteiger partial charge in [-0.2, -0.15) is 13.2 Å². The highest BCUT2D eigenvalue weighted by atomic mass is 19.4. The summed E-state index contributed by atoms with van der Waals surface area (Å²) in [7, 11) is 0. The van der Waals surface area contributed by atoms with E-state index < -0.39 is 23.7 Å². The predicted molar refractivity (Wildman–Crippen MR) is 74.1 cm³/mol. The molecule has 1 aromatic carbocycles. The second kappa shape index (κ2) is 6.35. The first-order valence-corrected chi connectivity index (χ1v) is 6.76. The van der Waals surface area contributed by atoms with Crippen LogP contribution in [-0.2, 0) is 15.8 Å². The lowest BCUT2D eigenvalue weighted by atomic mass is 10.1. The van der Waals surface area contributed by atoms with E-state index in [0.717, 1.165) is 12.1 Å². The molecule has 1 fully saturated rings. The Labute approximate surface area is 125 Å². The number of piperazine rings is 1. The summed E-state index contributed by atoms with van der Waals surface area (Å²) >= 11 is 0. The highest BCUT2D eigenvalue weighted by Crippen LogP contribution is 2.30. The molecule has 0 saturated carbocycles. The van der Waals surface area contributed by atoms with Gasteiger partial charge in [0, 0.05) is 18.8 Å². The zero-order valence-electron chi connectivity index (χ0n) is 11.9. The number of nitrogens with one attached hydrogen (secondary N) is 2. The molecule has 8 heteroatoms. The Bertz CT molecular complexity index is 575. The van der Waals surface area contributed by atoms with Gasteiger partial charge in [-0.25, -0.2) is 0 Å². The number of benzene rings is 1. The minimum atomic E-state index is -4.46. The van der Waals surface area contributed by atoms with Crippen LogP contribution in [0.15, 0.2) is 24.3 Å². The average Bonchev–Trinajstić information content (AvgIpc) is 2.46. The van der Waals surface area contributed by atoms with Gasteiger partial charge in [0.05, 0.1) is 18.2 Å². The minimum Gasteiger partial charge on any atom is -0.354 e. The molecule has 22 heavy (non-hydrogen) atoms. The lowest BCUT2D eigenvalue weighted by Gasteiger charge is -2.31. The van der Waals surface area contributed by atoms with E-state index >= 15 is 0 Å². The Morgan fingerprint density at radius 3 is 2.77 bits per heavy atom. The molecule has 1 atom stereocenters. The van der Waals surface area contributed by atoms with E-state index in [1.807, 2.05) is 0 Å². The Kier molecular flexibility index (Phi) is 4.70. The van der Waals surface area contributed by atoms with Crippen LogP contribution in [0, 0.1) is 0 Å². The molecule has 2 N–H and O–H groups in total. The fraction of sp³-hybridized carbons (Fsp3) is 0.429. The van der Waals surface area contributed by atoms with E-state index in [-0.39, 0.29) is 18.1 Å². The number of hydrogen-bond acceptors (Lipinski definition) is 3. The third-order valence-corrected chi connectivity index (χ3v) is 3.45. The Morgan fingerprint density at radius 1 is 1.41 bits per heavy atom. The molecule has 120 valence electrons. The molecule has 2 rings (SSSR count). The first-order valence-electron chi connectivity index (χ1n) is 6.76. The van der Waals surface area contributed by atoms with Crippen LogP contribution in [0.3, 0.4) is 0 Å². The van der Waals surface area contributed by atoms with Gasteiger partial charge in [-0.3, -0.25) is 14.5 Å². The number of alkyl halides is 3. The average molecular weight is 315 g/mol. The first-order chi connectivity index (χ1) is 10.3. The largest absolute Gasteiger partial charge is 0.416 e.